The summed E-state index contributed by atoms with van der Waals surface area (Å²) in [5.74, 6) is -1.11. The van der Waals surface area contributed by atoms with E-state index >= 15 is 0 Å². The summed E-state index contributed by atoms with van der Waals surface area (Å²) in [6, 6.07) is 0. The van der Waals surface area contributed by atoms with Gasteiger partial charge in [-0.25, -0.2) is 0 Å². The largest absolute Gasteiger partial charge is 0.462 e. The first-order valence-electron chi connectivity index (χ1n) is 21.6. The van der Waals surface area contributed by atoms with Gasteiger partial charge in [0.05, 0.1) is 0 Å². The molecule has 0 unspecified atom stereocenters. The van der Waals surface area contributed by atoms with E-state index in [1.165, 1.54) is 51.4 Å². The zero-order chi connectivity index (χ0) is 39.4. The SMILES string of the molecule is CCCCC/C=C/C/C=C/CCCCCCCC(=O)OCC(COC(=O)CCCCCCC/C=C/C/C=C/CCCCC)OC(=O)CCCCCN=[N+]=[N-]. The van der Waals surface area contributed by atoms with Gasteiger partial charge in [-0.1, -0.05) is 138 Å². The zero-order valence-corrected chi connectivity index (χ0v) is 34.4. The van der Waals surface area contributed by atoms with Gasteiger partial charge in [-0.2, -0.15) is 0 Å². The van der Waals surface area contributed by atoms with E-state index in [4.69, 9.17) is 19.7 Å². The lowest BCUT2D eigenvalue weighted by Gasteiger charge is -2.18. The molecule has 308 valence electrons. The Hall–Kier alpha value is -3.32. The van der Waals surface area contributed by atoms with Crippen LogP contribution < -0.4 is 0 Å². The standard InChI is InChI=1S/C45H77N3O6/c1-3-5-7-9-11-13-15-17-19-21-23-25-27-29-32-36-43(49)52-40-42(54-45(51)38-34-31-35-39-47-48-46)41-53-44(50)37-33-30-28-26-24-22-20-18-16-14-12-10-8-6-4-2/h11-14,17-20,42H,3-10,15-16,21-41H2,1-2H3/b13-11+,14-12+,19-17+,20-18+. The molecule has 0 aromatic carbocycles. The summed E-state index contributed by atoms with van der Waals surface area (Å²) < 4.78 is 16.4. The highest BCUT2D eigenvalue weighted by Gasteiger charge is 2.19. The second-order valence-corrected chi connectivity index (χ2v) is 14.2. The number of nitrogens with zero attached hydrogens (tertiary/aromatic N) is 3. The molecule has 0 aliphatic rings. The number of azide groups is 1. The van der Waals surface area contributed by atoms with E-state index in [0.717, 1.165) is 96.3 Å². The third kappa shape index (κ3) is 39.9. The summed E-state index contributed by atoms with van der Waals surface area (Å²) in [6.45, 7) is 4.57. The van der Waals surface area contributed by atoms with Crippen LogP contribution in [0.15, 0.2) is 53.7 Å². The van der Waals surface area contributed by atoms with Crippen LogP contribution in [0.5, 0.6) is 0 Å². The Bertz CT molecular complexity index is 1000. The van der Waals surface area contributed by atoms with Gasteiger partial charge in [0.2, 0.25) is 0 Å². The molecular formula is C45H77N3O6. The molecular weight excluding hydrogens is 679 g/mol. The average Bonchev–Trinajstić information content (AvgIpc) is 3.17. The lowest BCUT2D eigenvalue weighted by atomic mass is 10.1. The molecule has 0 heterocycles. The lowest BCUT2D eigenvalue weighted by Crippen LogP contribution is -2.30. The van der Waals surface area contributed by atoms with Crippen molar-refractivity contribution < 1.29 is 28.6 Å². The summed E-state index contributed by atoms with van der Waals surface area (Å²) in [7, 11) is 0. The molecule has 0 radical (unpaired) electrons. The third-order valence-electron chi connectivity index (χ3n) is 9.02. The van der Waals surface area contributed by atoms with Crippen LogP contribution in [0.4, 0.5) is 0 Å². The quantitative estimate of drug-likeness (QED) is 0.0117. The molecule has 0 atom stereocenters. The summed E-state index contributed by atoms with van der Waals surface area (Å²) in [4.78, 5) is 40.1. The van der Waals surface area contributed by atoms with E-state index in [9.17, 15) is 14.4 Å². The second kappa shape index (κ2) is 42.4. The number of rotatable bonds is 39. The molecule has 9 heteroatoms. The molecule has 54 heavy (non-hydrogen) atoms. The van der Waals surface area contributed by atoms with Crippen LogP contribution in [0.25, 0.3) is 10.4 Å². The molecule has 0 rings (SSSR count). The van der Waals surface area contributed by atoms with Crippen LogP contribution in [0.3, 0.4) is 0 Å². The highest BCUT2D eigenvalue weighted by atomic mass is 16.6. The van der Waals surface area contributed by atoms with Crippen molar-refractivity contribution in [3.63, 3.8) is 0 Å². The average molecular weight is 756 g/mol. The van der Waals surface area contributed by atoms with Crippen molar-refractivity contribution in [1.29, 1.82) is 0 Å². The number of esters is 3. The number of hydrogen-bond acceptors (Lipinski definition) is 7. The first kappa shape index (κ1) is 50.7. The topological polar surface area (TPSA) is 128 Å². The molecule has 0 saturated heterocycles. The van der Waals surface area contributed by atoms with Gasteiger partial charge in [0, 0.05) is 30.7 Å². The Morgan fingerprint density at radius 1 is 0.500 bits per heavy atom. The molecule has 0 bridgehead atoms. The minimum Gasteiger partial charge on any atom is -0.462 e. The summed E-state index contributed by atoms with van der Waals surface area (Å²) >= 11 is 0. The van der Waals surface area contributed by atoms with Crippen molar-refractivity contribution in [2.75, 3.05) is 19.8 Å². The fourth-order valence-electron chi connectivity index (χ4n) is 5.71. The molecule has 0 aromatic heterocycles. The van der Waals surface area contributed by atoms with Crippen molar-refractivity contribution in [2.45, 2.75) is 200 Å². The van der Waals surface area contributed by atoms with E-state index in [2.05, 4.69) is 72.5 Å². The summed E-state index contributed by atoms with van der Waals surface area (Å²) in [6.07, 6.45) is 44.4. The van der Waals surface area contributed by atoms with Crippen molar-refractivity contribution in [3.05, 3.63) is 59.1 Å². The highest BCUT2D eigenvalue weighted by molar-refractivity contribution is 5.71. The number of allylic oxidation sites excluding steroid dienone is 8. The summed E-state index contributed by atoms with van der Waals surface area (Å²) in [5, 5.41) is 3.50. The van der Waals surface area contributed by atoms with E-state index in [-0.39, 0.29) is 31.6 Å². The number of unbranched alkanes of at least 4 members (excludes halogenated alkanes) is 18. The van der Waals surface area contributed by atoms with Crippen LogP contribution in [0, 0.1) is 0 Å². The maximum atomic E-state index is 12.5. The molecule has 9 nitrogen and oxygen atoms in total. The van der Waals surface area contributed by atoms with Crippen LogP contribution in [0.1, 0.15) is 194 Å². The smallest absolute Gasteiger partial charge is 0.306 e. The number of carbonyl (C=O) groups excluding carboxylic acids is 3. The van der Waals surface area contributed by atoms with Gasteiger partial charge in [-0.3, -0.25) is 14.4 Å². The van der Waals surface area contributed by atoms with Crippen molar-refractivity contribution in [3.8, 4) is 0 Å². The van der Waals surface area contributed by atoms with Crippen LogP contribution in [-0.4, -0.2) is 43.8 Å². The van der Waals surface area contributed by atoms with Gasteiger partial charge in [0.15, 0.2) is 6.10 Å². The van der Waals surface area contributed by atoms with Gasteiger partial charge in [0.25, 0.3) is 0 Å². The molecule has 0 amide bonds. The fraction of sp³-hybridized carbons (Fsp3) is 0.756. The Morgan fingerprint density at radius 3 is 1.30 bits per heavy atom. The Kier molecular flexibility index (Phi) is 39.8. The van der Waals surface area contributed by atoms with E-state index < -0.39 is 12.1 Å². The normalized spacial score (nSPS) is 11.7. The first-order chi connectivity index (χ1) is 26.5. The number of ether oxygens (including phenoxy) is 3. The van der Waals surface area contributed by atoms with E-state index in [1.807, 2.05) is 0 Å². The molecule has 0 aliphatic heterocycles. The molecule has 0 aromatic rings. The Morgan fingerprint density at radius 2 is 0.870 bits per heavy atom. The maximum absolute atomic E-state index is 12.5. The number of hydrogen-bond donors (Lipinski definition) is 0. The van der Waals surface area contributed by atoms with Crippen molar-refractivity contribution in [2.24, 2.45) is 5.11 Å². The fourth-order valence-corrected chi connectivity index (χ4v) is 5.71. The van der Waals surface area contributed by atoms with E-state index in [1.54, 1.807) is 0 Å². The highest BCUT2D eigenvalue weighted by Crippen LogP contribution is 2.12. The predicted octanol–water partition coefficient (Wildman–Crippen LogP) is 13.5. The lowest BCUT2D eigenvalue weighted by molar-refractivity contribution is -0.167. The Labute approximate surface area is 329 Å². The molecule has 0 saturated carbocycles. The maximum Gasteiger partial charge on any atom is 0.306 e. The summed E-state index contributed by atoms with van der Waals surface area (Å²) in [5.41, 5.74) is 8.39. The van der Waals surface area contributed by atoms with Gasteiger partial charge in [-0.15, -0.1) is 0 Å². The minimum atomic E-state index is -0.845. The minimum absolute atomic E-state index is 0.140. The van der Waals surface area contributed by atoms with Gasteiger partial charge >= 0.3 is 17.9 Å². The third-order valence-corrected chi connectivity index (χ3v) is 9.02. The molecule has 0 aliphatic carbocycles. The van der Waals surface area contributed by atoms with E-state index in [0.29, 0.717) is 32.2 Å². The van der Waals surface area contributed by atoms with Crippen LogP contribution in [-0.2, 0) is 28.6 Å². The zero-order valence-electron chi connectivity index (χ0n) is 34.4. The van der Waals surface area contributed by atoms with Crippen LogP contribution >= 0.6 is 0 Å². The predicted molar refractivity (Wildman–Crippen MR) is 223 cm³/mol. The molecule has 0 N–H and O–H groups in total. The van der Waals surface area contributed by atoms with Gasteiger partial charge in [0.1, 0.15) is 13.2 Å². The molecule has 0 fully saturated rings. The van der Waals surface area contributed by atoms with Gasteiger partial charge < -0.3 is 14.2 Å². The molecule has 0 spiro atoms. The monoisotopic (exact) mass is 756 g/mol. The van der Waals surface area contributed by atoms with Crippen LogP contribution in [0.2, 0.25) is 0 Å². The second-order valence-electron chi connectivity index (χ2n) is 14.2. The number of carbonyl (C=O) groups is 3. The van der Waals surface area contributed by atoms with Crippen molar-refractivity contribution in [1.82, 2.24) is 0 Å². The Balaban J connectivity index is 4.29. The first-order valence-corrected chi connectivity index (χ1v) is 21.6. The van der Waals surface area contributed by atoms with Crippen molar-refractivity contribution >= 4 is 17.9 Å². The van der Waals surface area contributed by atoms with Gasteiger partial charge in [-0.05, 0) is 95.4 Å².